The summed E-state index contributed by atoms with van der Waals surface area (Å²) in [6.45, 7) is 4.31. The van der Waals surface area contributed by atoms with E-state index in [1.54, 1.807) is 4.90 Å². The predicted molar refractivity (Wildman–Crippen MR) is 72.8 cm³/mol. The molecule has 0 bridgehead atoms. The number of carbonyl (C=O) groups excluding carboxylic acids is 1. The number of carbonyl (C=O) groups is 1. The first kappa shape index (κ1) is 15.5. The summed E-state index contributed by atoms with van der Waals surface area (Å²) in [6.07, 6.45) is 5.77. The van der Waals surface area contributed by atoms with Crippen molar-refractivity contribution in [1.82, 2.24) is 4.90 Å². The Morgan fingerprint density at radius 3 is 2.21 bits per heavy atom. The van der Waals surface area contributed by atoms with E-state index in [4.69, 9.17) is 5.26 Å². The predicted octanol–water partition coefficient (Wildman–Crippen LogP) is 3.00. The van der Waals surface area contributed by atoms with Crippen molar-refractivity contribution >= 4 is 5.91 Å². The normalized spacial score (nSPS) is 18.2. The molecule has 0 spiro atoms. The van der Waals surface area contributed by atoms with Crippen molar-refractivity contribution in [3.63, 3.8) is 0 Å². The highest BCUT2D eigenvalue weighted by Gasteiger charge is 2.42. The van der Waals surface area contributed by atoms with Gasteiger partial charge in [-0.05, 0) is 26.7 Å². The van der Waals surface area contributed by atoms with Crippen LogP contribution in [0.3, 0.4) is 0 Å². The fraction of sp³-hybridized carbons (Fsp3) is 0.800. The number of rotatable bonds is 4. The molecule has 1 saturated carbocycles. The Hall–Kier alpha value is -1.55. The molecule has 0 N–H and O–H groups in total. The molecule has 0 radical (unpaired) electrons. The topological polar surface area (TPSA) is 67.9 Å². The van der Waals surface area contributed by atoms with Crippen molar-refractivity contribution in [3.8, 4) is 12.1 Å². The first-order chi connectivity index (χ1) is 9.07. The molecule has 1 amide bonds. The quantitative estimate of drug-likeness (QED) is 0.730. The molecule has 0 aromatic heterocycles. The third-order valence-corrected chi connectivity index (χ3v) is 3.93. The van der Waals surface area contributed by atoms with Crippen LogP contribution in [0.1, 0.15) is 58.8 Å². The molecule has 4 heteroatoms. The van der Waals surface area contributed by atoms with Gasteiger partial charge in [0, 0.05) is 12.6 Å². The largest absolute Gasteiger partial charge is 0.338 e. The highest BCUT2D eigenvalue weighted by Crippen LogP contribution is 2.36. The van der Waals surface area contributed by atoms with Crippen LogP contribution in [0.15, 0.2) is 0 Å². The van der Waals surface area contributed by atoms with Gasteiger partial charge in [0.05, 0.1) is 18.6 Å². The van der Waals surface area contributed by atoms with Gasteiger partial charge in [-0.1, -0.05) is 25.7 Å². The lowest BCUT2D eigenvalue weighted by Crippen LogP contribution is -2.47. The van der Waals surface area contributed by atoms with Gasteiger partial charge in [-0.15, -0.1) is 0 Å². The Labute approximate surface area is 116 Å². The summed E-state index contributed by atoms with van der Waals surface area (Å²) in [6, 6.07) is 4.41. The zero-order valence-electron chi connectivity index (χ0n) is 12.0. The minimum absolute atomic E-state index is 0.0364. The molecule has 19 heavy (non-hydrogen) atoms. The van der Waals surface area contributed by atoms with Crippen molar-refractivity contribution in [2.24, 2.45) is 5.41 Å². The van der Waals surface area contributed by atoms with Crippen molar-refractivity contribution in [1.29, 1.82) is 10.5 Å². The van der Waals surface area contributed by atoms with Crippen LogP contribution < -0.4 is 0 Å². The summed E-state index contributed by atoms with van der Waals surface area (Å²) in [5.41, 5.74) is -0.851. The van der Waals surface area contributed by atoms with E-state index in [1.165, 1.54) is 0 Å². The Kier molecular flexibility index (Phi) is 5.83. The van der Waals surface area contributed by atoms with Crippen LogP contribution in [0, 0.1) is 28.1 Å². The van der Waals surface area contributed by atoms with E-state index in [1.807, 2.05) is 13.8 Å². The Morgan fingerprint density at radius 2 is 1.79 bits per heavy atom. The highest BCUT2D eigenvalue weighted by atomic mass is 16.2. The van der Waals surface area contributed by atoms with Gasteiger partial charge >= 0.3 is 0 Å². The second-order valence-electron chi connectivity index (χ2n) is 5.61. The van der Waals surface area contributed by atoms with E-state index >= 15 is 0 Å². The van der Waals surface area contributed by atoms with Crippen molar-refractivity contribution in [2.75, 3.05) is 6.54 Å². The average Bonchev–Trinajstić information content (AvgIpc) is 2.64. The molecule has 1 aliphatic carbocycles. The standard InChI is InChI=1S/C15H23N3O/c1-13(2)18(11-7-10-16)14(19)15(12-17)8-5-3-4-6-9-15/h13H,3-9,11H2,1-2H3. The average molecular weight is 261 g/mol. The van der Waals surface area contributed by atoms with Crippen LogP contribution in [0.5, 0.6) is 0 Å². The van der Waals surface area contributed by atoms with Gasteiger partial charge in [-0.3, -0.25) is 4.79 Å². The maximum atomic E-state index is 12.7. The van der Waals surface area contributed by atoms with Crippen LogP contribution >= 0.6 is 0 Å². The lowest BCUT2D eigenvalue weighted by atomic mass is 9.80. The van der Waals surface area contributed by atoms with Crippen LogP contribution in [0.25, 0.3) is 0 Å². The first-order valence-electron chi connectivity index (χ1n) is 7.16. The zero-order chi connectivity index (χ0) is 14.3. The monoisotopic (exact) mass is 261 g/mol. The van der Waals surface area contributed by atoms with Gasteiger partial charge in [0.2, 0.25) is 5.91 Å². The van der Waals surface area contributed by atoms with E-state index in [9.17, 15) is 10.1 Å². The van der Waals surface area contributed by atoms with Crippen molar-refractivity contribution < 1.29 is 4.79 Å². The molecule has 0 saturated heterocycles. The molecule has 4 nitrogen and oxygen atoms in total. The summed E-state index contributed by atoms with van der Waals surface area (Å²) >= 11 is 0. The molecular weight excluding hydrogens is 238 g/mol. The number of amides is 1. The molecule has 0 aromatic rings. The number of nitrogens with zero attached hydrogens (tertiary/aromatic N) is 3. The molecule has 0 aromatic carbocycles. The molecule has 1 aliphatic rings. The SMILES string of the molecule is CC(C)N(CCC#N)C(=O)C1(C#N)CCCCCC1. The summed E-state index contributed by atoms with van der Waals surface area (Å²) in [7, 11) is 0. The summed E-state index contributed by atoms with van der Waals surface area (Å²) in [5.74, 6) is -0.0675. The highest BCUT2D eigenvalue weighted by molar-refractivity contribution is 5.85. The summed E-state index contributed by atoms with van der Waals surface area (Å²) in [5, 5.41) is 18.2. The van der Waals surface area contributed by atoms with E-state index in [-0.39, 0.29) is 11.9 Å². The van der Waals surface area contributed by atoms with Crippen molar-refractivity contribution in [3.05, 3.63) is 0 Å². The summed E-state index contributed by atoms with van der Waals surface area (Å²) < 4.78 is 0. The Bertz CT molecular complexity index is 381. The van der Waals surface area contributed by atoms with Gasteiger partial charge in [-0.2, -0.15) is 10.5 Å². The molecule has 0 aliphatic heterocycles. The molecule has 0 heterocycles. The molecule has 104 valence electrons. The Balaban J connectivity index is 2.91. The number of hydrogen-bond acceptors (Lipinski definition) is 3. The number of nitriles is 2. The molecular formula is C15H23N3O. The second kappa shape index (κ2) is 7.14. The van der Waals surface area contributed by atoms with Crippen LogP contribution in [-0.2, 0) is 4.79 Å². The van der Waals surface area contributed by atoms with Gasteiger partial charge in [0.15, 0.2) is 0 Å². The van der Waals surface area contributed by atoms with Crippen molar-refractivity contribution in [2.45, 2.75) is 64.8 Å². The fourth-order valence-corrected chi connectivity index (χ4v) is 2.75. The van der Waals surface area contributed by atoms with E-state index in [0.29, 0.717) is 25.8 Å². The van der Waals surface area contributed by atoms with Crippen LogP contribution in [0.2, 0.25) is 0 Å². The Morgan fingerprint density at radius 1 is 1.21 bits per heavy atom. The van der Waals surface area contributed by atoms with Gasteiger partial charge in [0.1, 0.15) is 5.41 Å². The van der Waals surface area contributed by atoms with E-state index in [0.717, 1.165) is 25.7 Å². The fourth-order valence-electron chi connectivity index (χ4n) is 2.75. The van der Waals surface area contributed by atoms with E-state index < -0.39 is 5.41 Å². The maximum absolute atomic E-state index is 12.7. The van der Waals surface area contributed by atoms with Crippen LogP contribution in [0.4, 0.5) is 0 Å². The maximum Gasteiger partial charge on any atom is 0.243 e. The minimum atomic E-state index is -0.851. The molecule has 0 atom stereocenters. The van der Waals surface area contributed by atoms with Crippen LogP contribution in [-0.4, -0.2) is 23.4 Å². The van der Waals surface area contributed by atoms with Gasteiger partial charge in [-0.25, -0.2) is 0 Å². The minimum Gasteiger partial charge on any atom is -0.338 e. The summed E-state index contributed by atoms with van der Waals surface area (Å²) in [4.78, 5) is 14.5. The lowest BCUT2D eigenvalue weighted by Gasteiger charge is -2.34. The number of hydrogen-bond donors (Lipinski definition) is 0. The third kappa shape index (κ3) is 3.70. The zero-order valence-corrected chi connectivity index (χ0v) is 12.0. The second-order valence-corrected chi connectivity index (χ2v) is 5.61. The third-order valence-electron chi connectivity index (χ3n) is 3.93. The molecule has 0 unspecified atom stereocenters. The molecule has 1 fully saturated rings. The smallest absolute Gasteiger partial charge is 0.243 e. The molecule has 1 rings (SSSR count). The first-order valence-corrected chi connectivity index (χ1v) is 7.16. The van der Waals surface area contributed by atoms with Gasteiger partial charge < -0.3 is 4.90 Å². The van der Waals surface area contributed by atoms with Gasteiger partial charge in [0.25, 0.3) is 0 Å². The van der Waals surface area contributed by atoms with E-state index in [2.05, 4.69) is 12.1 Å². The lowest BCUT2D eigenvalue weighted by molar-refractivity contribution is -0.141.